The second-order valence-corrected chi connectivity index (χ2v) is 4.91. The fraction of sp³-hybridized carbons (Fsp3) is 1.00. The number of hydrogen-bond donors (Lipinski definition) is 1. The molecule has 0 saturated carbocycles. The summed E-state index contributed by atoms with van der Waals surface area (Å²) in [6.45, 7) is 5.73. The van der Waals surface area contributed by atoms with Gasteiger partial charge in [0.1, 0.15) is 0 Å². The molecule has 1 rings (SSSR count). The minimum atomic E-state index is 0. The Morgan fingerprint density at radius 2 is 1.92 bits per heavy atom. The van der Waals surface area contributed by atoms with E-state index in [4.69, 9.17) is 0 Å². The zero-order valence-corrected chi connectivity index (χ0v) is 9.64. The highest BCUT2D eigenvalue weighted by atomic mass is 35.5. The molecule has 1 N–H and O–H groups in total. The molecule has 0 atom stereocenters. The molecule has 0 aromatic heterocycles. The van der Waals surface area contributed by atoms with Crippen LogP contribution in [0.15, 0.2) is 0 Å². The van der Waals surface area contributed by atoms with Gasteiger partial charge in [-0.1, -0.05) is 13.8 Å². The molecular weight excluding hydrogens is 190 g/mol. The summed E-state index contributed by atoms with van der Waals surface area (Å²) in [6.07, 6.45) is 2.74. The number of hydrogen-bond acceptors (Lipinski definition) is 2. The van der Waals surface area contributed by atoms with Crippen molar-refractivity contribution >= 4 is 24.2 Å². The quantitative estimate of drug-likeness (QED) is 0.767. The molecule has 3 heteroatoms. The molecule has 0 amide bonds. The van der Waals surface area contributed by atoms with Crippen molar-refractivity contribution in [2.24, 2.45) is 5.92 Å². The summed E-state index contributed by atoms with van der Waals surface area (Å²) in [6, 6.07) is 0.818. The first-order valence-corrected chi connectivity index (χ1v) is 5.75. The van der Waals surface area contributed by atoms with Crippen LogP contribution in [0, 0.1) is 5.92 Å². The number of nitrogens with one attached hydrogen (secondary N) is 1. The summed E-state index contributed by atoms with van der Waals surface area (Å²) >= 11 is 2.09. The lowest BCUT2D eigenvalue weighted by atomic mass is 10.1. The van der Waals surface area contributed by atoms with Crippen molar-refractivity contribution in [3.63, 3.8) is 0 Å². The first-order valence-electron chi connectivity index (χ1n) is 4.60. The van der Waals surface area contributed by atoms with Crippen LogP contribution >= 0.6 is 24.2 Å². The van der Waals surface area contributed by atoms with Crippen LogP contribution in [0.25, 0.3) is 0 Å². The van der Waals surface area contributed by atoms with Gasteiger partial charge < -0.3 is 5.32 Å². The molecule has 1 saturated heterocycles. The van der Waals surface area contributed by atoms with Gasteiger partial charge in [0, 0.05) is 6.04 Å². The van der Waals surface area contributed by atoms with Crippen molar-refractivity contribution in [1.29, 1.82) is 0 Å². The molecule has 0 aromatic rings. The zero-order valence-electron chi connectivity index (χ0n) is 8.01. The Kier molecular flexibility index (Phi) is 7.40. The van der Waals surface area contributed by atoms with Crippen LogP contribution in [0.4, 0.5) is 0 Å². The van der Waals surface area contributed by atoms with Crippen LogP contribution in [0.2, 0.25) is 0 Å². The first-order chi connectivity index (χ1) is 5.29. The SMILES string of the molecule is CC(C)CNC1CCSCC1.Cl. The number of rotatable bonds is 3. The van der Waals surface area contributed by atoms with Gasteiger partial charge in [-0.25, -0.2) is 0 Å². The normalized spacial score (nSPS) is 19.2. The van der Waals surface area contributed by atoms with E-state index in [1.54, 1.807) is 0 Å². The monoisotopic (exact) mass is 209 g/mol. The van der Waals surface area contributed by atoms with Gasteiger partial charge in [0.15, 0.2) is 0 Å². The van der Waals surface area contributed by atoms with Crippen molar-refractivity contribution in [3.8, 4) is 0 Å². The van der Waals surface area contributed by atoms with E-state index in [9.17, 15) is 0 Å². The van der Waals surface area contributed by atoms with Gasteiger partial charge in [-0.2, -0.15) is 11.8 Å². The van der Waals surface area contributed by atoms with Crippen LogP contribution in [0.5, 0.6) is 0 Å². The van der Waals surface area contributed by atoms with Crippen molar-refractivity contribution in [2.45, 2.75) is 32.7 Å². The first kappa shape index (κ1) is 12.6. The third-order valence-electron chi connectivity index (χ3n) is 2.04. The van der Waals surface area contributed by atoms with E-state index in [0.717, 1.165) is 12.0 Å². The molecule has 0 unspecified atom stereocenters. The summed E-state index contributed by atoms with van der Waals surface area (Å²) in [5.74, 6) is 3.51. The van der Waals surface area contributed by atoms with E-state index in [0.29, 0.717) is 0 Å². The zero-order chi connectivity index (χ0) is 8.10. The molecule has 74 valence electrons. The average molecular weight is 210 g/mol. The van der Waals surface area contributed by atoms with Gasteiger partial charge >= 0.3 is 0 Å². The van der Waals surface area contributed by atoms with Gasteiger partial charge in [0.2, 0.25) is 0 Å². The Bertz CT molecular complexity index is 103. The number of halogens is 1. The second-order valence-electron chi connectivity index (χ2n) is 3.69. The maximum atomic E-state index is 3.61. The molecule has 1 aliphatic rings. The Morgan fingerprint density at radius 3 is 2.42 bits per heavy atom. The maximum absolute atomic E-state index is 3.61. The van der Waals surface area contributed by atoms with Crippen molar-refractivity contribution in [2.75, 3.05) is 18.1 Å². The van der Waals surface area contributed by atoms with Gasteiger partial charge in [0.05, 0.1) is 0 Å². The second kappa shape index (κ2) is 7.05. The maximum Gasteiger partial charge on any atom is 0.00828 e. The molecule has 12 heavy (non-hydrogen) atoms. The highest BCUT2D eigenvalue weighted by Gasteiger charge is 2.12. The van der Waals surface area contributed by atoms with E-state index in [1.807, 2.05) is 0 Å². The van der Waals surface area contributed by atoms with E-state index < -0.39 is 0 Å². The summed E-state index contributed by atoms with van der Waals surface area (Å²) in [5.41, 5.74) is 0. The van der Waals surface area contributed by atoms with Crippen LogP contribution in [0.1, 0.15) is 26.7 Å². The minimum absolute atomic E-state index is 0. The molecular formula is C9H20ClNS. The van der Waals surface area contributed by atoms with Crippen molar-refractivity contribution in [3.05, 3.63) is 0 Å². The Labute approximate surface area is 86.5 Å². The molecule has 1 heterocycles. The molecule has 0 aromatic carbocycles. The van der Waals surface area contributed by atoms with Crippen LogP contribution in [-0.4, -0.2) is 24.1 Å². The molecule has 1 nitrogen and oxygen atoms in total. The average Bonchev–Trinajstić information content (AvgIpc) is 2.03. The third kappa shape index (κ3) is 5.28. The molecule has 0 spiro atoms. The van der Waals surface area contributed by atoms with E-state index in [1.165, 1.54) is 30.9 Å². The summed E-state index contributed by atoms with van der Waals surface area (Å²) < 4.78 is 0. The van der Waals surface area contributed by atoms with Crippen LogP contribution < -0.4 is 5.32 Å². The molecule has 0 bridgehead atoms. The van der Waals surface area contributed by atoms with E-state index in [-0.39, 0.29) is 12.4 Å². The largest absolute Gasteiger partial charge is 0.314 e. The van der Waals surface area contributed by atoms with Crippen LogP contribution in [0.3, 0.4) is 0 Å². The summed E-state index contributed by atoms with van der Waals surface area (Å²) in [4.78, 5) is 0. The molecule has 0 aliphatic carbocycles. The third-order valence-corrected chi connectivity index (χ3v) is 3.08. The fourth-order valence-electron chi connectivity index (χ4n) is 1.30. The van der Waals surface area contributed by atoms with Gasteiger partial charge in [-0.3, -0.25) is 0 Å². The summed E-state index contributed by atoms with van der Waals surface area (Å²) in [5, 5.41) is 3.61. The summed E-state index contributed by atoms with van der Waals surface area (Å²) in [7, 11) is 0. The highest BCUT2D eigenvalue weighted by Crippen LogP contribution is 2.16. The fourth-order valence-corrected chi connectivity index (χ4v) is 2.41. The standard InChI is InChI=1S/C9H19NS.ClH/c1-8(2)7-10-9-3-5-11-6-4-9;/h8-10H,3-7H2,1-2H3;1H. The molecule has 1 fully saturated rings. The number of thioether (sulfide) groups is 1. The Balaban J connectivity index is 0.00000121. The smallest absolute Gasteiger partial charge is 0.00828 e. The predicted molar refractivity (Wildman–Crippen MR) is 60.4 cm³/mol. The van der Waals surface area contributed by atoms with Crippen molar-refractivity contribution in [1.82, 2.24) is 5.32 Å². The van der Waals surface area contributed by atoms with Gasteiger partial charge in [0.25, 0.3) is 0 Å². The highest BCUT2D eigenvalue weighted by molar-refractivity contribution is 7.99. The lowest BCUT2D eigenvalue weighted by molar-refractivity contribution is 0.442. The van der Waals surface area contributed by atoms with Crippen molar-refractivity contribution < 1.29 is 0 Å². The lowest BCUT2D eigenvalue weighted by Gasteiger charge is -2.23. The Hall–Kier alpha value is 0.600. The van der Waals surface area contributed by atoms with Gasteiger partial charge in [-0.15, -0.1) is 12.4 Å². The Morgan fingerprint density at radius 1 is 1.33 bits per heavy atom. The topological polar surface area (TPSA) is 12.0 Å². The van der Waals surface area contributed by atoms with E-state index in [2.05, 4.69) is 30.9 Å². The molecule has 1 aliphatic heterocycles. The van der Waals surface area contributed by atoms with E-state index >= 15 is 0 Å². The predicted octanol–water partition coefficient (Wildman–Crippen LogP) is 2.55. The van der Waals surface area contributed by atoms with Crippen LogP contribution in [-0.2, 0) is 0 Å². The minimum Gasteiger partial charge on any atom is -0.314 e. The lowest BCUT2D eigenvalue weighted by Crippen LogP contribution is -2.34. The van der Waals surface area contributed by atoms with Gasteiger partial charge in [-0.05, 0) is 36.8 Å². The molecule has 0 radical (unpaired) electrons.